The second-order valence-corrected chi connectivity index (χ2v) is 9.08. The summed E-state index contributed by atoms with van der Waals surface area (Å²) in [6.07, 6.45) is 11.1. The van der Waals surface area contributed by atoms with Crippen molar-refractivity contribution in [2.45, 2.75) is 38.5 Å². The summed E-state index contributed by atoms with van der Waals surface area (Å²) in [6, 6.07) is 14.0. The summed E-state index contributed by atoms with van der Waals surface area (Å²) < 4.78 is 33.1. The van der Waals surface area contributed by atoms with Gasteiger partial charge in [-0.15, -0.1) is 0 Å². The van der Waals surface area contributed by atoms with Gasteiger partial charge in [-0.05, 0) is 79.8 Å². The van der Waals surface area contributed by atoms with Crippen molar-refractivity contribution in [2.24, 2.45) is 0 Å². The number of pyridine rings is 2. The van der Waals surface area contributed by atoms with E-state index in [4.69, 9.17) is 24.0 Å². The Balaban J connectivity index is 1.42. The second kappa shape index (κ2) is 10.6. The maximum Gasteiger partial charge on any atom is 0.182 e. The van der Waals surface area contributed by atoms with Crippen molar-refractivity contribution in [3.63, 3.8) is 0 Å². The van der Waals surface area contributed by atoms with Gasteiger partial charge in [0.1, 0.15) is 11.6 Å². The van der Waals surface area contributed by atoms with E-state index < -0.39 is 0 Å². The maximum absolute atomic E-state index is 13.8. The Hall–Kier alpha value is -3.88. The third kappa shape index (κ3) is 5.03. The molecule has 4 aromatic heterocycles. The van der Waals surface area contributed by atoms with Crippen molar-refractivity contribution < 1.29 is 18.3 Å². The summed E-state index contributed by atoms with van der Waals surface area (Å²) in [7, 11) is 0. The third-order valence-electron chi connectivity index (χ3n) is 6.54. The maximum atomic E-state index is 13.8. The molecule has 1 saturated heterocycles. The standard InChI is InChI=1S/C29H27FN4O3/c30-22-9-7-21(8-10-22)28-26(20-11-13-31-14-12-20)27(24-5-3-17-35-24)23-19-34(33-29(23)32-28)15-4-18-37-25-6-1-2-16-36-25/h3,5,7-14,17,19,25H,1-2,4,6,15-16,18H2. The molecule has 5 heterocycles. The van der Waals surface area contributed by atoms with Crippen molar-refractivity contribution in [1.82, 2.24) is 19.7 Å². The predicted octanol–water partition coefficient (Wildman–Crippen LogP) is 6.49. The van der Waals surface area contributed by atoms with Crippen LogP contribution in [0.2, 0.25) is 0 Å². The SMILES string of the molecule is Fc1ccc(-c2nc3nn(CCCOC4CCCCO4)cc3c(-c3ccco3)c2-c2ccncc2)cc1. The van der Waals surface area contributed by atoms with Crippen LogP contribution in [0.5, 0.6) is 0 Å². The second-order valence-electron chi connectivity index (χ2n) is 9.08. The molecule has 1 aliphatic rings. The zero-order valence-electron chi connectivity index (χ0n) is 20.3. The molecular weight excluding hydrogens is 471 g/mol. The minimum Gasteiger partial charge on any atom is -0.464 e. The number of benzene rings is 1. The molecule has 1 atom stereocenters. The highest BCUT2D eigenvalue weighted by molar-refractivity contribution is 6.04. The summed E-state index contributed by atoms with van der Waals surface area (Å²) in [6.45, 7) is 2.05. The van der Waals surface area contributed by atoms with Crippen LogP contribution in [0.1, 0.15) is 25.7 Å². The van der Waals surface area contributed by atoms with E-state index in [1.165, 1.54) is 12.1 Å². The molecule has 1 aromatic carbocycles. The van der Waals surface area contributed by atoms with Gasteiger partial charge in [0.2, 0.25) is 0 Å². The van der Waals surface area contributed by atoms with Crippen molar-refractivity contribution >= 4 is 11.0 Å². The van der Waals surface area contributed by atoms with Gasteiger partial charge in [0, 0.05) is 48.4 Å². The third-order valence-corrected chi connectivity index (χ3v) is 6.54. The van der Waals surface area contributed by atoms with Crippen LogP contribution < -0.4 is 0 Å². The largest absolute Gasteiger partial charge is 0.464 e. The molecule has 1 unspecified atom stereocenters. The summed E-state index contributed by atoms with van der Waals surface area (Å²) in [5, 5.41) is 5.68. The average Bonchev–Trinajstić information content (AvgIpc) is 3.62. The lowest BCUT2D eigenvalue weighted by Crippen LogP contribution is -2.23. The highest BCUT2D eigenvalue weighted by atomic mass is 19.1. The molecule has 0 spiro atoms. The molecule has 0 bridgehead atoms. The number of aromatic nitrogens is 4. The molecular formula is C29H27FN4O3. The molecule has 0 amide bonds. The van der Waals surface area contributed by atoms with E-state index in [1.54, 1.807) is 30.8 Å². The van der Waals surface area contributed by atoms with Crippen molar-refractivity contribution in [1.29, 1.82) is 0 Å². The number of nitrogens with zero attached hydrogens (tertiary/aromatic N) is 4. The lowest BCUT2D eigenvalue weighted by Gasteiger charge is -2.22. The minimum atomic E-state index is -0.299. The first-order valence-corrected chi connectivity index (χ1v) is 12.6. The number of furan rings is 1. The highest BCUT2D eigenvalue weighted by Gasteiger charge is 2.23. The summed E-state index contributed by atoms with van der Waals surface area (Å²) in [5.74, 6) is 0.409. The molecule has 7 nitrogen and oxygen atoms in total. The van der Waals surface area contributed by atoms with Crippen molar-refractivity contribution in [2.75, 3.05) is 13.2 Å². The van der Waals surface area contributed by atoms with Crippen LogP contribution in [0.3, 0.4) is 0 Å². The minimum absolute atomic E-state index is 0.0983. The molecule has 8 heteroatoms. The Labute approximate surface area is 213 Å². The predicted molar refractivity (Wildman–Crippen MR) is 138 cm³/mol. The van der Waals surface area contributed by atoms with E-state index in [0.717, 1.165) is 59.9 Å². The van der Waals surface area contributed by atoms with Crippen LogP contribution >= 0.6 is 0 Å². The fourth-order valence-electron chi connectivity index (χ4n) is 4.78. The molecule has 0 radical (unpaired) electrons. The van der Waals surface area contributed by atoms with Crippen LogP contribution in [-0.2, 0) is 16.0 Å². The Kier molecular flexibility index (Phi) is 6.75. The lowest BCUT2D eigenvalue weighted by molar-refractivity contribution is -0.163. The van der Waals surface area contributed by atoms with Gasteiger partial charge < -0.3 is 13.9 Å². The molecule has 1 aliphatic heterocycles. The van der Waals surface area contributed by atoms with Crippen LogP contribution in [0.25, 0.3) is 44.7 Å². The zero-order chi connectivity index (χ0) is 25.0. The Bertz CT molecular complexity index is 1460. The van der Waals surface area contributed by atoms with E-state index in [2.05, 4.69) is 4.98 Å². The van der Waals surface area contributed by atoms with Gasteiger partial charge in [0.25, 0.3) is 0 Å². The Morgan fingerprint density at radius 3 is 2.62 bits per heavy atom. The van der Waals surface area contributed by atoms with E-state index >= 15 is 0 Å². The van der Waals surface area contributed by atoms with Gasteiger partial charge in [0.05, 0.1) is 24.0 Å². The normalized spacial score (nSPS) is 15.9. The number of aryl methyl sites for hydroxylation is 1. The molecule has 37 heavy (non-hydrogen) atoms. The lowest BCUT2D eigenvalue weighted by atomic mass is 9.92. The first-order valence-electron chi connectivity index (χ1n) is 12.6. The van der Waals surface area contributed by atoms with Crippen molar-refractivity contribution in [3.8, 4) is 33.7 Å². The van der Waals surface area contributed by atoms with Crippen LogP contribution in [0.15, 0.2) is 77.8 Å². The van der Waals surface area contributed by atoms with Crippen LogP contribution in [-0.4, -0.2) is 39.3 Å². The monoisotopic (exact) mass is 498 g/mol. The molecule has 0 saturated carbocycles. The van der Waals surface area contributed by atoms with E-state index in [1.807, 2.05) is 35.1 Å². The molecule has 0 N–H and O–H groups in total. The average molecular weight is 499 g/mol. The first kappa shape index (κ1) is 23.5. The van der Waals surface area contributed by atoms with Gasteiger partial charge in [-0.3, -0.25) is 9.67 Å². The Morgan fingerprint density at radius 1 is 1.00 bits per heavy atom. The molecule has 188 valence electrons. The number of rotatable bonds is 8. The van der Waals surface area contributed by atoms with Gasteiger partial charge in [-0.25, -0.2) is 9.37 Å². The van der Waals surface area contributed by atoms with Gasteiger partial charge in [-0.2, -0.15) is 5.10 Å². The van der Waals surface area contributed by atoms with Crippen LogP contribution in [0.4, 0.5) is 4.39 Å². The molecule has 0 aliphatic carbocycles. The van der Waals surface area contributed by atoms with Crippen molar-refractivity contribution in [3.05, 3.63) is 79.2 Å². The zero-order valence-corrected chi connectivity index (χ0v) is 20.3. The summed E-state index contributed by atoms with van der Waals surface area (Å²) in [4.78, 5) is 9.17. The van der Waals surface area contributed by atoms with E-state index in [0.29, 0.717) is 30.3 Å². The molecule has 6 rings (SSSR count). The van der Waals surface area contributed by atoms with E-state index in [9.17, 15) is 4.39 Å². The van der Waals surface area contributed by atoms with Crippen LogP contribution in [0, 0.1) is 5.82 Å². The van der Waals surface area contributed by atoms with Gasteiger partial charge in [0.15, 0.2) is 11.9 Å². The number of hydrogen-bond acceptors (Lipinski definition) is 6. The first-order chi connectivity index (χ1) is 18.3. The Morgan fingerprint density at radius 2 is 1.86 bits per heavy atom. The number of halogens is 1. The van der Waals surface area contributed by atoms with Gasteiger partial charge in [-0.1, -0.05) is 0 Å². The number of ether oxygens (including phenoxy) is 2. The van der Waals surface area contributed by atoms with Gasteiger partial charge >= 0.3 is 0 Å². The fraction of sp³-hybridized carbons (Fsp3) is 0.276. The topological polar surface area (TPSA) is 75.2 Å². The summed E-state index contributed by atoms with van der Waals surface area (Å²) >= 11 is 0. The summed E-state index contributed by atoms with van der Waals surface area (Å²) in [5.41, 5.74) is 4.79. The number of hydrogen-bond donors (Lipinski definition) is 0. The highest BCUT2D eigenvalue weighted by Crippen LogP contribution is 2.43. The number of fused-ring (bicyclic) bond motifs is 1. The quantitative estimate of drug-likeness (QED) is 0.228. The molecule has 5 aromatic rings. The fourth-order valence-corrected chi connectivity index (χ4v) is 4.78. The van der Waals surface area contributed by atoms with E-state index in [-0.39, 0.29) is 12.1 Å². The smallest absolute Gasteiger partial charge is 0.182 e. The molecule has 1 fully saturated rings.